The van der Waals surface area contributed by atoms with Gasteiger partial charge in [0, 0.05) is 48.6 Å². The Morgan fingerprint density at radius 1 is 0.976 bits per heavy atom. The molecular weight excluding hydrogens is 560 g/mol. The van der Waals surface area contributed by atoms with E-state index in [0.717, 1.165) is 5.56 Å². The molecule has 0 spiro atoms. The maximum Gasteiger partial charge on any atom is 0.329 e. The van der Waals surface area contributed by atoms with Crippen molar-refractivity contribution in [2.75, 3.05) is 25.9 Å². The summed E-state index contributed by atoms with van der Waals surface area (Å²) >= 11 is 0. The quantitative estimate of drug-likeness (QED) is 0.302. The number of amides is 3. The molecule has 1 atom stereocenters. The lowest BCUT2D eigenvalue weighted by Gasteiger charge is -2.25. The van der Waals surface area contributed by atoms with Crippen LogP contribution in [0, 0.1) is 0 Å². The second-order valence-electron chi connectivity index (χ2n) is 9.34. The first-order chi connectivity index (χ1) is 20.2. The van der Waals surface area contributed by atoms with Gasteiger partial charge in [0.2, 0.25) is 18.6 Å². The van der Waals surface area contributed by atoms with E-state index in [1.807, 2.05) is 30.3 Å². The minimum atomic E-state index is -4.35. The molecule has 1 aliphatic heterocycles. The van der Waals surface area contributed by atoms with Crippen molar-refractivity contribution in [3.05, 3.63) is 96.7 Å². The summed E-state index contributed by atoms with van der Waals surface area (Å²) < 4.78 is 44.7. The summed E-state index contributed by atoms with van der Waals surface area (Å²) in [5, 5.41) is 2.56. The zero-order valence-corrected chi connectivity index (χ0v) is 23.6. The van der Waals surface area contributed by atoms with Gasteiger partial charge in [-0.15, -0.1) is 0 Å². The van der Waals surface area contributed by atoms with Crippen molar-refractivity contribution in [1.82, 2.24) is 15.0 Å². The molecule has 1 aromatic heterocycles. The van der Waals surface area contributed by atoms with Crippen LogP contribution in [0.1, 0.15) is 5.56 Å². The molecule has 3 aromatic carbocycles. The smallest absolute Gasteiger partial charge is 0.329 e. The van der Waals surface area contributed by atoms with E-state index in [4.69, 9.17) is 14.2 Å². The van der Waals surface area contributed by atoms with E-state index in [1.54, 1.807) is 55.6 Å². The molecule has 0 saturated heterocycles. The number of methoxy groups -OCH3 is 1. The number of urea groups is 1. The van der Waals surface area contributed by atoms with Gasteiger partial charge in [-0.3, -0.25) is 4.79 Å². The number of benzene rings is 3. The average Bonchev–Trinajstić information content (AvgIpc) is 3.48. The average molecular weight is 589 g/mol. The fourth-order valence-electron chi connectivity index (χ4n) is 4.47. The number of ether oxygens (including phenoxy) is 3. The van der Waals surface area contributed by atoms with Gasteiger partial charge in [0.05, 0.1) is 12.0 Å². The summed E-state index contributed by atoms with van der Waals surface area (Å²) in [4.78, 5) is 32.2. The van der Waals surface area contributed by atoms with Crippen LogP contribution in [-0.2, 0) is 21.2 Å². The Bertz CT molecular complexity index is 1700. The van der Waals surface area contributed by atoms with Crippen molar-refractivity contribution in [3.63, 3.8) is 0 Å². The Balaban J connectivity index is 1.37. The molecule has 0 radical (unpaired) electrons. The first-order valence-electron chi connectivity index (χ1n) is 12.9. The number of nitrogens with one attached hydrogen (secondary N) is 2. The van der Waals surface area contributed by atoms with Gasteiger partial charge in [0.25, 0.3) is 10.0 Å². The van der Waals surface area contributed by atoms with E-state index in [9.17, 15) is 18.0 Å². The third kappa shape index (κ3) is 6.28. The van der Waals surface area contributed by atoms with Crippen LogP contribution >= 0.6 is 0 Å². The molecule has 12 heteroatoms. The summed E-state index contributed by atoms with van der Waals surface area (Å²) in [7, 11) is -1.31. The van der Waals surface area contributed by atoms with Crippen molar-refractivity contribution in [2.24, 2.45) is 0 Å². The molecule has 2 N–H and O–H groups in total. The van der Waals surface area contributed by atoms with Crippen LogP contribution in [0.2, 0.25) is 0 Å². The van der Waals surface area contributed by atoms with Crippen LogP contribution in [-0.4, -0.2) is 52.3 Å². The molecule has 0 fully saturated rings. The third-order valence-electron chi connectivity index (χ3n) is 6.62. The highest BCUT2D eigenvalue weighted by Crippen LogP contribution is 2.35. The summed E-state index contributed by atoms with van der Waals surface area (Å²) in [5.41, 5.74) is 2.14. The molecule has 0 bridgehead atoms. The lowest BCUT2D eigenvalue weighted by Crippen LogP contribution is -2.52. The molecule has 42 heavy (non-hydrogen) atoms. The zero-order chi connectivity index (χ0) is 29.7. The number of likely N-dealkylation sites (N-methyl/N-ethyl adjacent to an activating group) is 1. The lowest BCUT2D eigenvalue weighted by molar-refractivity contribution is -0.120. The number of fused-ring (bicyclic) bond motifs is 1. The maximum atomic E-state index is 13.7. The Hall–Kier alpha value is -5.10. The van der Waals surface area contributed by atoms with Crippen LogP contribution in [0.25, 0.3) is 11.1 Å². The molecule has 4 aromatic rings. The van der Waals surface area contributed by atoms with Crippen LogP contribution in [0.4, 0.5) is 10.5 Å². The molecular formula is C30H28N4O7S. The predicted octanol–water partition coefficient (Wildman–Crippen LogP) is 3.75. The van der Waals surface area contributed by atoms with Gasteiger partial charge in [-0.25, -0.2) is 22.9 Å². The molecule has 0 saturated carbocycles. The van der Waals surface area contributed by atoms with Crippen molar-refractivity contribution in [2.45, 2.75) is 17.4 Å². The Labute approximate surface area is 243 Å². The molecule has 3 amide bonds. The molecule has 11 nitrogen and oxygen atoms in total. The Morgan fingerprint density at radius 2 is 1.71 bits per heavy atom. The van der Waals surface area contributed by atoms with E-state index >= 15 is 0 Å². The summed E-state index contributed by atoms with van der Waals surface area (Å²) in [6, 6.07) is 21.5. The second-order valence-corrected chi connectivity index (χ2v) is 11.0. The number of carbonyl (C=O) groups excluding carboxylic acids is 2. The number of hydrogen-bond donors (Lipinski definition) is 2. The van der Waals surface area contributed by atoms with Gasteiger partial charge in [-0.2, -0.15) is 0 Å². The monoisotopic (exact) mass is 588 g/mol. The zero-order valence-electron chi connectivity index (χ0n) is 22.8. The van der Waals surface area contributed by atoms with Gasteiger partial charge in [-0.05, 0) is 29.8 Å². The van der Waals surface area contributed by atoms with E-state index in [1.165, 1.54) is 24.3 Å². The highest BCUT2D eigenvalue weighted by molar-refractivity contribution is 7.90. The van der Waals surface area contributed by atoms with E-state index in [-0.39, 0.29) is 18.1 Å². The number of carbonyl (C=O) groups is 2. The molecule has 0 unspecified atom stereocenters. The fraction of sp³-hybridized carbons (Fsp3) is 0.167. The standard InChI is InChI=1S/C30H28N4O7S/c1-34(22-13-14-25-26(17-22)41-19-40-25)29(35)24(16-20-8-4-3-5-9-20)32-30(36)33-42(37,38)27-11-7-6-10-23(27)21-12-15-28(39-2)31-18-21/h3-15,17-18,24H,16,19H2,1-2H3,(H2,32,33,36)/t24-/m0/s1. The van der Waals surface area contributed by atoms with Gasteiger partial charge in [0.1, 0.15) is 6.04 Å². The fourth-order valence-corrected chi connectivity index (χ4v) is 5.62. The van der Waals surface area contributed by atoms with E-state index in [2.05, 4.69) is 15.0 Å². The van der Waals surface area contributed by atoms with Gasteiger partial charge >= 0.3 is 6.03 Å². The minimum Gasteiger partial charge on any atom is -0.481 e. The topological polar surface area (TPSA) is 136 Å². The van der Waals surface area contributed by atoms with Crippen LogP contribution in [0.5, 0.6) is 17.4 Å². The number of aromatic nitrogens is 1. The molecule has 216 valence electrons. The SMILES string of the molecule is COc1ccc(-c2ccccc2S(=O)(=O)NC(=O)N[C@@H](Cc2ccccc2)C(=O)N(C)c2ccc3c(c2)OCO3)cn1. The highest BCUT2D eigenvalue weighted by atomic mass is 32.2. The third-order valence-corrected chi connectivity index (χ3v) is 8.01. The predicted molar refractivity (Wildman–Crippen MR) is 155 cm³/mol. The van der Waals surface area contributed by atoms with Gasteiger partial charge in [0.15, 0.2) is 11.5 Å². The number of anilines is 1. The summed E-state index contributed by atoms with van der Waals surface area (Å²) in [6.45, 7) is 0.0847. The van der Waals surface area contributed by atoms with Crippen LogP contribution in [0.15, 0.2) is 96.0 Å². The van der Waals surface area contributed by atoms with Gasteiger partial charge in [-0.1, -0.05) is 48.5 Å². The Kier molecular flexibility index (Phi) is 8.25. The van der Waals surface area contributed by atoms with Crippen molar-refractivity contribution < 1.29 is 32.2 Å². The van der Waals surface area contributed by atoms with E-state index < -0.39 is 28.0 Å². The number of nitrogens with zero attached hydrogens (tertiary/aromatic N) is 2. The maximum absolute atomic E-state index is 13.7. The molecule has 5 rings (SSSR count). The minimum absolute atomic E-state index is 0.0847. The second kappa shape index (κ2) is 12.2. The van der Waals surface area contributed by atoms with Crippen LogP contribution < -0.4 is 29.1 Å². The Morgan fingerprint density at radius 3 is 2.45 bits per heavy atom. The van der Waals surface area contributed by atoms with Crippen molar-refractivity contribution in [3.8, 4) is 28.5 Å². The van der Waals surface area contributed by atoms with Crippen molar-refractivity contribution in [1.29, 1.82) is 0 Å². The lowest BCUT2D eigenvalue weighted by atomic mass is 10.0. The molecule has 0 aliphatic carbocycles. The number of hydrogen-bond acceptors (Lipinski definition) is 8. The largest absolute Gasteiger partial charge is 0.481 e. The van der Waals surface area contributed by atoms with Gasteiger partial charge < -0.3 is 24.4 Å². The van der Waals surface area contributed by atoms with E-state index in [0.29, 0.717) is 34.2 Å². The van der Waals surface area contributed by atoms with Crippen LogP contribution in [0.3, 0.4) is 0 Å². The highest BCUT2D eigenvalue weighted by Gasteiger charge is 2.29. The summed E-state index contributed by atoms with van der Waals surface area (Å²) in [5.74, 6) is 0.967. The molecule has 2 heterocycles. The number of pyridine rings is 1. The first-order valence-corrected chi connectivity index (χ1v) is 14.4. The molecule has 1 aliphatic rings. The summed E-state index contributed by atoms with van der Waals surface area (Å²) in [6.07, 6.45) is 1.60. The van der Waals surface area contributed by atoms with Crippen molar-refractivity contribution >= 4 is 27.6 Å². The normalized spacial score (nSPS) is 12.7. The number of sulfonamides is 1. The number of rotatable bonds is 9. The first kappa shape index (κ1) is 28.4.